The van der Waals surface area contributed by atoms with Crippen LogP contribution in [0.25, 0.3) is 0 Å². The van der Waals surface area contributed by atoms with Gasteiger partial charge in [0.2, 0.25) is 5.91 Å². The normalized spacial score (nSPS) is 20.0. The molecule has 1 fully saturated rings. The lowest BCUT2D eigenvalue weighted by Crippen LogP contribution is -2.45. The van der Waals surface area contributed by atoms with Gasteiger partial charge < -0.3 is 5.32 Å². The maximum atomic E-state index is 13.1. The Hall–Kier alpha value is -2.13. The summed E-state index contributed by atoms with van der Waals surface area (Å²) in [5.41, 5.74) is 0.714. The Morgan fingerprint density at radius 3 is 2.77 bits per heavy atom. The van der Waals surface area contributed by atoms with Crippen molar-refractivity contribution in [2.45, 2.75) is 62.4 Å². The molecule has 3 rings (SSSR count). The first-order valence-corrected chi connectivity index (χ1v) is 10.7. The first-order valence-electron chi connectivity index (χ1n) is 9.78. The Balaban J connectivity index is 1.78. The number of carbonyl (C=O) groups excluding carboxylic acids is 1. The van der Waals surface area contributed by atoms with Crippen LogP contribution in [-0.4, -0.2) is 44.7 Å². The van der Waals surface area contributed by atoms with Gasteiger partial charge in [-0.05, 0) is 44.9 Å². The van der Waals surface area contributed by atoms with Crippen LogP contribution in [0.3, 0.4) is 0 Å². The van der Waals surface area contributed by atoms with E-state index in [4.69, 9.17) is 0 Å². The van der Waals surface area contributed by atoms with Crippen molar-refractivity contribution in [2.75, 3.05) is 6.54 Å². The molecule has 2 aromatic rings. The molecule has 1 aliphatic rings. The molecule has 30 heavy (non-hydrogen) atoms. The Bertz CT molecular complexity index is 891. The van der Waals surface area contributed by atoms with Crippen LogP contribution in [0.4, 0.5) is 13.2 Å². The van der Waals surface area contributed by atoms with Crippen LogP contribution in [0.2, 0.25) is 0 Å². The SMILES string of the molecule is Cc1ccnc(S[C@H]2C[C@@H](C(=O)NC(C)C)N(Cc3cccc(C(F)(F)F)c3)C2)n1. The van der Waals surface area contributed by atoms with E-state index >= 15 is 0 Å². The molecule has 162 valence electrons. The first-order chi connectivity index (χ1) is 14.1. The summed E-state index contributed by atoms with van der Waals surface area (Å²) in [6, 6.07) is 6.67. The molecule has 1 aromatic heterocycles. The number of amides is 1. The molecular weight excluding hydrogens is 413 g/mol. The van der Waals surface area contributed by atoms with Gasteiger partial charge >= 0.3 is 6.18 Å². The van der Waals surface area contributed by atoms with Crippen molar-refractivity contribution < 1.29 is 18.0 Å². The molecule has 5 nitrogen and oxygen atoms in total. The Kier molecular flexibility index (Phi) is 7.02. The van der Waals surface area contributed by atoms with Crippen LogP contribution in [0, 0.1) is 6.92 Å². The molecule has 1 aliphatic heterocycles. The highest BCUT2D eigenvalue weighted by Gasteiger charge is 2.38. The van der Waals surface area contributed by atoms with E-state index in [-0.39, 0.29) is 23.7 Å². The summed E-state index contributed by atoms with van der Waals surface area (Å²) >= 11 is 1.50. The van der Waals surface area contributed by atoms with Gasteiger partial charge in [0.05, 0.1) is 11.6 Å². The van der Waals surface area contributed by atoms with Crippen molar-refractivity contribution in [3.05, 3.63) is 53.3 Å². The zero-order valence-electron chi connectivity index (χ0n) is 17.1. The fourth-order valence-corrected chi connectivity index (χ4v) is 4.65. The zero-order valence-corrected chi connectivity index (χ0v) is 17.9. The molecule has 0 aliphatic carbocycles. The third-order valence-electron chi connectivity index (χ3n) is 4.78. The zero-order chi connectivity index (χ0) is 21.9. The average Bonchev–Trinajstić information content (AvgIpc) is 3.03. The lowest BCUT2D eigenvalue weighted by atomic mass is 10.1. The molecular formula is C21H25F3N4OS. The average molecular weight is 439 g/mol. The summed E-state index contributed by atoms with van der Waals surface area (Å²) < 4.78 is 39.2. The lowest BCUT2D eigenvalue weighted by Gasteiger charge is -2.24. The van der Waals surface area contributed by atoms with Crippen molar-refractivity contribution in [1.82, 2.24) is 20.2 Å². The van der Waals surface area contributed by atoms with E-state index in [9.17, 15) is 18.0 Å². The van der Waals surface area contributed by atoms with Gasteiger partial charge in [0, 0.05) is 36.3 Å². The van der Waals surface area contributed by atoms with Crippen LogP contribution in [-0.2, 0) is 17.5 Å². The van der Waals surface area contributed by atoms with E-state index in [1.165, 1.54) is 17.8 Å². The van der Waals surface area contributed by atoms with Crippen LogP contribution >= 0.6 is 11.8 Å². The van der Waals surface area contributed by atoms with Crippen LogP contribution in [0.15, 0.2) is 41.7 Å². The van der Waals surface area contributed by atoms with Gasteiger partial charge in [-0.2, -0.15) is 13.2 Å². The van der Waals surface area contributed by atoms with Gasteiger partial charge in [-0.3, -0.25) is 9.69 Å². The summed E-state index contributed by atoms with van der Waals surface area (Å²) in [6.07, 6.45) is -2.11. The second-order valence-electron chi connectivity index (χ2n) is 7.76. The number of aromatic nitrogens is 2. The second-order valence-corrected chi connectivity index (χ2v) is 9.03. The van der Waals surface area contributed by atoms with E-state index in [0.717, 1.165) is 17.8 Å². The Morgan fingerprint density at radius 2 is 2.10 bits per heavy atom. The number of hydrogen-bond acceptors (Lipinski definition) is 5. The van der Waals surface area contributed by atoms with E-state index in [1.807, 2.05) is 31.7 Å². The van der Waals surface area contributed by atoms with Crippen molar-refractivity contribution in [2.24, 2.45) is 0 Å². The quantitative estimate of drug-likeness (QED) is 0.690. The molecule has 9 heteroatoms. The molecule has 0 saturated carbocycles. The van der Waals surface area contributed by atoms with E-state index in [2.05, 4.69) is 15.3 Å². The highest BCUT2D eigenvalue weighted by Crippen LogP contribution is 2.34. The number of thioether (sulfide) groups is 1. The molecule has 1 amide bonds. The monoisotopic (exact) mass is 438 g/mol. The molecule has 0 bridgehead atoms. The molecule has 0 radical (unpaired) electrons. The first kappa shape index (κ1) is 22.6. The van der Waals surface area contributed by atoms with Gasteiger partial charge in [0.1, 0.15) is 0 Å². The van der Waals surface area contributed by atoms with E-state index in [1.54, 1.807) is 12.3 Å². The highest BCUT2D eigenvalue weighted by molar-refractivity contribution is 7.99. The Morgan fingerprint density at radius 1 is 1.33 bits per heavy atom. The highest BCUT2D eigenvalue weighted by atomic mass is 32.2. The van der Waals surface area contributed by atoms with Crippen molar-refractivity contribution in [3.63, 3.8) is 0 Å². The number of nitrogens with one attached hydrogen (secondary N) is 1. The van der Waals surface area contributed by atoms with Gasteiger partial charge in [-0.25, -0.2) is 9.97 Å². The largest absolute Gasteiger partial charge is 0.416 e. The van der Waals surface area contributed by atoms with Gasteiger partial charge in [0.25, 0.3) is 0 Å². The number of halogens is 3. The lowest BCUT2D eigenvalue weighted by molar-refractivity contribution is -0.137. The van der Waals surface area contributed by atoms with Crippen molar-refractivity contribution in [1.29, 1.82) is 0 Å². The van der Waals surface area contributed by atoms with E-state index < -0.39 is 17.8 Å². The minimum Gasteiger partial charge on any atom is -0.353 e. The minimum absolute atomic E-state index is 0.0142. The number of likely N-dealkylation sites (tertiary alicyclic amines) is 1. The standard InChI is InChI=1S/C21H25F3N4OS/c1-13(2)26-19(29)18-10-17(30-20-25-8-7-14(3)27-20)12-28(18)11-15-5-4-6-16(9-15)21(22,23)24/h4-9,13,17-18H,10-12H2,1-3H3,(H,26,29)/t17-,18-/m0/s1. The number of carbonyl (C=O) groups is 1. The summed E-state index contributed by atoms with van der Waals surface area (Å²) in [5, 5.41) is 3.64. The molecule has 1 aromatic carbocycles. The maximum absolute atomic E-state index is 13.1. The summed E-state index contributed by atoms with van der Waals surface area (Å²) in [6.45, 7) is 6.49. The molecule has 2 atom stereocenters. The summed E-state index contributed by atoms with van der Waals surface area (Å²) in [4.78, 5) is 23.4. The minimum atomic E-state index is -4.39. The fraction of sp³-hybridized carbons (Fsp3) is 0.476. The van der Waals surface area contributed by atoms with Crippen LogP contribution in [0.5, 0.6) is 0 Å². The maximum Gasteiger partial charge on any atom is 0.416 e. The van der Waals surface area contributed by atoms with Gasteiger partial charge in [-0.15, -0.1) is 0 Å². The molecule has 1 N–H and O–H groups in total. The fourth-order valence-electron chi connectivity index (χ4n) is 3.49. The second kappa shape index (κ2) is 9.34. The number of hydrogen-bond donors (Lipinski definition) is 1. The smallest absolute Gasteiger partial charge is 0.353 e. The molecule has 1 saturated heterocycles. The van der Waals surface area contributed by atoms with Crippen molar-refractivity contribution in [3.8, 4) is 0 Å². The van der Waals surface area contributed by atoms with E-state index in [0.29, 0.717) is 23.7 Å². The third kappa shape index (κ3) is 5.95. The number of aryl methyl sites for hydroxylation is 1. The molecule has 2 heterocycles. The van der Waals surface area contributed by atoms with Gasteiger partial charge in [-0.1, -0.05) is 30.0 Å². The number of alkyl halides is 3. The Labute approximate surface area is 178 Å². The summed E-state index contributed by atoms with van der Waals surface area (Å²) in [7, 11) is 0. The van der Waals surface area contributed by atoms with Crippen LogP contribution < -0.4 is 5.32 Å². The summed E-state index contributed by atoms with van der Waals surface area (Å²) in [5.74, 6) is -0.106. The van der Waals surface area contributed by atoms with Crippen LogP contribution in [0.1, 0.15) is 37.1 Å². The number of nitrogens with zero attached hydrogens (tertiary/aromatic N) is 3. The van der Waals surface area contributed by atoms with Crippen molar-refractivity contribution >= 4 is 17.7 Å². The molecule has 0 unspecified atom stereocenters. The predicted molar refractivity (Wildman–Crippen MR) is 110 cm³/mol. The molecule has 0 spiro atoms. The van der Waals surface area contributed by atoms with Gasteiger partial charge in [0.15, 0.2) is 5.16 Å². The number of benzene rings is 1. The predicted octanol–water partition coefficient (Wildman–Crippen LogP) is 4.06. The number of rotatable bonds is 6. The topological polar surface area (TPSA) is 58.1 Å². The third-order valence-corrected chi connectivity index (χ3v) is 5.87.